The van der Waals surface area contributed by atoms with Gasteiger partial charge in [0.2, 0.25) is 0 Å². The number of ketones is 3. The van der Waals surface area contributed by atoms with E-state index in [0.29, 0.717) is 25.7 Å². The van der Waals surface area contributed by atoms with Crippen LogP contribution in [-0.2, 0) is 14.4 Å². The van der Waals surface area contributed by atoms with E-state index in [1.54, 1.807) is 11.3 Å². The largest absolute Gasteiger partial charge is 0.298 e. The first-order chi connectivity index (χ1) is 10.6. The smallest absolute Gasteiger partial charge is 0.151 e. The summed E-state index contributed by atoms with van der Waals surface area (Å²) in [6.07, 6.45) is 1.60. The van der Waals surface area contributed by atoms with E-state index < -0.39 is 5.92 Å². The van der Waals surface area contributed by atoms with Crippen LogP contribution in [0.1, 0.15) is 43.4 Å². The molecule has 0 aliphatic heterocycles. The summed E-state index contributed by atoms with van der Waals surface area (Å²) in [6.45, 7) is 1.88. The predicted octanol–water partition coefficient (Wildman–Crippen LogP) is 3.90. The van der Waals surface area contributed by atoms with Gasteiger partial charge in [-0.05, 0) is 23.9 Å². The first-order valence-corrected chi connectivity index (χ1v) is 8.48. The third kappa shape index (κ3) is 2.75. The highest BCUT2D eigenvalue weighted by atomic mass is 32.1. The SMILES string of the molecule is CCCC(=O)C1C(=O)CC(c2cc3ccccc3s2)CC1=O. The molecule has 4 heteroatoms. The van der Waals surface area contributed by atoms with Crippen LogP contribution in [0, 0.1) is 5.92 Å². The van der Waals surface area contributed by atoms with Gasteiger partial charge in [0, 0.05) is 34.8 Å². The van der Waals surface area contributed by atoms with Gasteiger partial charge in [-0.3, -0.25) is 14.4 Å². The van der Waals surface area contributed by atoms with E-state index in [0.717, 1.165) is 10.3 Å². The van der Waals surface area contributed by atoms with Crippen molar-refractivity contribution in [1.82, 2.24) is 0 Å². The Hall–Kier alpha value is -1.81. The zero-order valence-electron chi connectivity index (χ0n) is 12.5. The summed E-state index contributed by atoms with van der Waals surface area (Å²) < 4.78 is 1.17. The third-order valence-corrected chi connectivity index (χ3v) is 5.48. The molecule has 0 bridgehead atoms. The topological polar surface area (TPSA) is 51.2 Å². The third-order valence-electron chi connectivity index (χ3n) is 4.20. The maximum absolute atomic E-state index is 12.3. The minimum atomic E-state index is -0.995. The lowest BCUT2D eigenvalue weighted by Crippen LogP contribution is -2.37. The molecule has 0 amide bonds. The van der Waals surface area contributed by atoms with Crippen LogP contribution in [0.4, 0.5) is 0 Å². The summed E-state index contributed by atoms with van der Waals surface area (Å²) in [7, 11) is 0. The number of hydrogen-bond donors (Lipinski definition) is 0. The Bertz CT molecular complexity index is 693. The van der Waals surface area contributed by atoms with E-state index in [9.17, 15) is 14.4 Å². The summed E-state index contributed by atoms with van der Waals surface area (Å²) in [5.41, 5.74) is 0. The molecule has 0 radical (unpaired) electrons. The first kappa shape index (κ1) is 15.1. The monoisotopic (exact) mass is 314 g/mol. The quantitative estimate of drug-likeness (QED) is 0.804. The Kier molecular flexibility index (Phi) is 4.21. The van der Waals surface area contributed by atoms with E-state index in [2.05, 4.69) is 6.07 Å². The molecule has 3 rings (SSSR count). The van der Waals surface area contributed by atoms with Crippen molar-refractivity contribution in [2.24, 2.45) is 5.92 Å². The van der Waals surface area contributed by atoms with Crippen molar-refractivity contribution in [2.45, 2.75) is 38.5 Å². The second-order valence-electron chi connectivity index (χ2n) is 5.87. The summed E-state index contributed by atoms with van der Waals surface area (Å²) in [5, 5.41) is 1.14. The number of fused-ring (bicyclic) bond motifs is 1. The van der Waals surface area contributed by atoms with E-state index in [4.69, 9.17) is 0 Å². The van der Waals surface area contributed by atoms with E-state index in [-0.39, 0.29) is 23.3 Å². The molecule has 3 nitrogen and oxygen atoms in total. The molecule has 1 aromatic carbocycles. The molecule has 0 spiro atoms. The molecule has 1 aliphatic carbocycles. The fourth-order valence-electron chi connectivity index (χ4n) is 3.13. The van der Waals surface area contributed by atoms with Gasteiger partial charge in [0.15, 0.2) is 17.3 Å². The number of hydrogen-bond acceptors (Lipinski definition) is 4. The Labute approximate surface area is 133 Å². The van der Waals surface area contributed by atoms with Gasteiger partial charge in [0.05, 0.1) is 0 Å². The van der Waals surface area contributed by atoms with Crippen LogP contribution in [0.3, 0.4) is 0 Å². The minimum Gasteiger partial charge on any atom is -0.298 e. The maximum atomic E-state index is 12.3. The maximum Gasteiger partial charge on any atom is 0.151 e. The fourth-order valence-corrected chi connectivity index (χ4v) is 4.29. The number of benzene rings is 1. The Morgan fingerprint density at radius 2 is 1.86 bits per heavy atom. The van der Waals surface area contributed by atoms with Gasteiger partial charge in [-0.25, -0.2) is 0 Å². The van der Waals surface area contributed by atoms with Gasteiger partial charge in [-0.1, -0.05) is 25.1 Å². The highest BCUT2D eigenvalue weighted by Crippen LogP contribution is 2.38. The van der Waals surface area contributed by atoms with Crippen LogP contribution in [0.25, 0.3) is 10.1 Å². The first-order valence-electron chi connectivity index (χ1n) is 7.66. The van der Waals surface area contributed by atoms with Crippen molar-refractivity contribution in [2.75, 3.05) is 0 Å². The van der Waals surface area contributed by atoms with Crippen molar-refractivity contribution in [3.63, 3.8) is 0 Å². The molecule has 1 fully saturated rings. The number of thiophene rings is 1. The van der Waals surface area contributed by atoms with Crippen LogP contribution in [0.2, 0.25) is 0 Å². The Morgan fingerprint density at radius 1 is 1.18 bits per heavy atom. The lowest BCUT2D eigenvalue weighted by atomic mass is 9.76. The van der Waals surface area contributed by atoms with Crippen LogP contribution in [-0.4, -0.2) is 17.3 Å². The van der Waals surface area contributed by atoms with Gasteiger partial charge < -0.3 is 0 Å². The standard InChI is InChI=1S/C18H18O3S/c1-2-5-13(19)18-14(20)8-12(9-15(18)21)17-10-11-6-3-4-7-16(11)22-17/h3-4,6-7,10,12,18H,2,5,8-9H2,1H3. The average Bonchev–Trinajstić information content (AvgIpc) is 2.90. The summed E-state index contributed by atoms with van der Waals surface area (Å²) in [5.74, 6) is -1.66. The zero-order chi connectivity index (χ0) is 15.7. The zero-order valence-corrected chi connectivity index (χ0v) is 13.3. The molecule has 1 aromatic heterocycles. The lowest BCUT2D eigenvalue weighted by Gasteiger charge is -2.24. The highest BCUT2D eigenvalue weighted by Gasteiger charge is 2.40. The van der Waals surface area contributed by atoms with Crippen LogP contribution >= 0.6 is 11.3 Å². The van der Waals surface area contributed by atoms with E-state index in [1.807, 2.05) is 31.2 Å². The molecule has 0 N–H and O–H groups in total. The number of rotatable bonds is 4. The van der Waals surface area contributed by atoms with Gasteiger partial charge in [0.25, 0.3) is 0 Å². The highest BCUT2D eigenvalue weighted by molar-refractivity contribution is 7.19. The normalized spacial score (nSPS) is 22.2. The van der Waals surface area contributed by atoms with Gasteiger partial charge in [0.1, 0.15) is 5.92 Å². The van der Waals surface area contributed by atoms with E-state index in [1.165, 1.54) is 4.70 Å². The number of carbonyl (C=O) groups excluding carboxylic acids is 3. The van der Waals surface area contributed by atoms with Gasteiger partial charge in [-0.15, -0.1) is 11.3 Å². The Morgan fingerprint density at radius 3 is 2.50 bits per heavy atom. The fraction of sp³-hybridized carbons (Fsp3) is 0.389. The van der Waals surface area contributed by atoms with E-state index >= 15 is 0 Å². The molecule has 0 saturated heterocycles. The molecule has 0 atom stereocenters. The van der Waals surface area contributed by atoms with Gasteiger partial charge >= 0.3 is 0 Å². The molecule has 1 heterocycles. The molecule has 114 valence electrons. The summed E-state index contributed by atoms with van der Waals surface area (Å²) >= 11 is 1.64. The number of carbonyl (C=O) groups is 3. The van der Waals surface area contributed by atoms with Crippen molar-refractivity contribution >= 4 is 38.8 Å². The van der Waals surface area contributed by atoms with Crippen molar-refractivity contribution in [3.05, 3.63) is 35.2 Å². The summed E-state index contributed by atoms with van der Waals surface area (Å²) in [6, 6.07) is 10.1. The van der Waals surface area contributed by atoms with Crippen molar-refractivity contribution < 1.29 is 14.4 Å². The summed E-state index contributed by atoms with van der Waals surface area (Å²) in [4.78, 5) is 37.6. The Balaban J connectivity index is 1.82. The van der Waals surface area contributed by atoms with Crippen LogP contribution in [0.15, 0.2) is 30.3 Å². The molecule has 22 heavy (non-hydrogen) atoms. The minimum absolute atomic E-state index is 0.0666. The van der Waals surface area contributed by atoms with Crippen LogP contribution in [0.5, 0.6) is 0 Å². The lowest BCUT2D eigenvalue weighted by molar-refractivity contribution is -0.142. The molecular formula is C18H18O3S. The molecule has 0 unspecified atom stereocenters. The second-order valence-corrected chi connectivity index (χ2v) is 6.99. The van der Waals surface area contributed by atoms with Crippen molar-refractivity contribution in [1.29, 1.82) is 0 Å². The number of Topliss-reactive ketones (excluding diaryl/α,β-unsaturated/α-hetero) is 3. The molecule has 2 aromatic rings. The second kappa shape index (κ2) is 6.13. The molecule has 1 aliphatic rings. The molecule has 1 saturated carbocycles. The molecular weight excluding hydrogens is 296 g/mol. The average molecular weight is 314 g/mol. The van der Waals surface area contributed by atoms with Gasteiger partial charge in [-0.2, -0.15) is 0 Å². The predicted molar refractivity (Wildman–Crippen MR) is 87.2 cm³/mol. The van der Waals surface area contributed by atoms with Crippen molar-refractivity contribution in [3.8, 4) is 0 Å². The van der Waals surface area contributed by atoms with Crippen LogP contribution < -0.4 is 0 Å².